The van der Waals surface area contributed by atoms with Crippen molar-refractivity contribution in [3.05, 3.63) is 59.7 Å². The predicted octanol–water partition coefficient (Wildman–Crippen LogP) is 5.20. The zero-order valence-corrected chi connectivity index (χ0v) is 18.1. The van der Waals surface area contributed by atoms with Crippen LogP contribution in [-0.4, -0.2) is 46.6 Å². The summed E-state index contributed by atoms with van der Waals surface area (Å²) in [6, 6.07) is 10.3. The molecule has 2 bridgehead atoms. The van der Waals surface area contributed by atoms with Gasteiger partial charge in [0, 0.05) is 46.7 Å². The lowest BCUT2D eigenvalue weighted by molar-refractivity contribution is 0.0877. The Bertz CT molecular complexity index is 1450. The molecule has 3 aliphatic rings. The van der Waals surface area contributed by atoms with Crippen molar-refractivity contribution in [3.63, 3.8) is 0 Å². The maximum Gasteiger partial charge on any atom is 0.200 e. The summed E-state index contributed by atoms with van der Waals surface area (Å²) in [4.78, 5) is 14.5. The minimum Gasteiger partial charge on any atom is -0.497 e. The number of fused-ring (bicyclic) bond motifs is 7. The highest BCUT2D eigenvalue weighted by atomic mass is 16.5. The number of rotatable bonds is 4. The highest BCUT2D eigenvalue weighted by molar-refractivity contribution is 6.04. The number of benzene rings is 2. The highest BCUT2D eigenvalue weighted by Gasteiger charge is 2.36. The first-order valence-corrected chi connectivity index (χ1v) is 11.5. The minimum absolute atomic E-state index is 0.582. The number of nitrogens with zero attached hydrogens (tertiary/aromatic N) is 2. The van der Waals surface area contributed by atoms with Crippen LogP contribution in [0.3, 0.4) is 0 Å². The number of aromatic amines is 2. The molecule has 6 heteroatoms. The first-order chi connectivity index (χ1) is 15.8. The fourth-order valence-electron chi connectivity index (χ4n) is 5.96. The van der Waals surface area contributed by atoms with E-state index in [1.54, 1.807) is 7.11 Å². The van der Waals surface area contributed by atoms with Crippen molar-refractivity contribution in [2.45, 2.75) is 25.2 Å². The molecule has 3 saturated heterocycles. The molecule has 2 N–H and O–H groups in total. The quantitative estimate of drug-likeness (QED) is 0.414. The Balaban J connectivity index is 1.31. The fourth-order valence-corrected chi connectivity index (χ4v) is 5.96. The number of methoxy groups -OCH3 is 1. The summed E-state index contributed by atoms with van der Waals surface area (Å²) in [5.41, 5.74) is 6.68. The number of nitrogens with one attached hydrogen (secondary N) is 2. The normalized spacial score (nSPS) is 23.0. The topological polar surface area (TPSA) is 70.1 Å². The van der Waals surface area contributed by atoms with Crippen LogP contribution in [0.2, 0.25) is 0 Å². The van der Waals surface area contributed by atoms with E-state index in [1.165, 1.54) is 36.9 Å². The summed E-state index contributed by atoms with van der Waals surface area (Å²) < 4.78 is 11.7. The van der Waals surface area contributed by atoms with E-state index < -0.39 is 0 Å². The fraction of sp³-hybridized carbons (Fsp3) is 0.346. The van der Waals surface area contributed by atoms with Crippen LogP contribution in [0, 0.1) is 5.92 Å². The van der Waals surface area contributed by atoms with Crippen LogP contribution >= 0.6 is 0 Å². The third-order valence-corrected chi connectivity index (χ3v) is 7.65. The van der Waals surface area contributed by atoms with Gasteiger partial charge in [-0.25, -0.2) is 4.98 Å². The van der Waals surface area contributed by atoms with Crippen LogP contribution in [0.15, 0.2) is 47.1 Å². The van der Waals surface area contributed by atoms with Crippen molar-refractivity contribution < 1.29 is 9.15 Å². The van der Waals surface area contributed by atoms with Crippen LogP contribution in [0.4, 0.5) is 0 Å². The van der Waals surface area contributed by atoms with Gasteiger partial charge in [0.05, 0.1) is 13.5 Å². The van der Waals surface area contributed by atoms with Gasteiger partial charge < -0.3 is 24.0 Å². The SMILES string of the molecule is COc1ccc2[nH]cc(Cc3nc4c(ccc5[nH]cc(C6CN7CCC6CC7)c54)o3)c2c1. The summed E-state index contributed by atoms with van der Waals surface area (Å²) in [6.45, 7) is 3.67. The van der Waals surface area contributed by atoms with E-state index in [0.29, 0.717) is 12.3 Å². The second-order valence-corrected chi connectivity index (χ2v) is 9.33. The molecular formula is C26H26N4O2. The molecule has 32 heavy (non-hydrogen) atoms. The van der Waals surface area contributed by atoms with E-state index in [9.17, 15) is 0 Å². The van der Waals surface area contributed by atoms with E-state index in [0.717, 1.165) is 57.2 Å². The zero-order valence-electron chi connectivity index (χ0n) is 18.1. The molecule has 0 saturated carbocycles. The lowest BCUT2D eigenvalue weighted by Crippen LogP contribution is -2.46. The number of hydrogen-bond donors (Lipinski definition) is 2. The monoisotopic (exact) mass is 426 g/mol. The lowest BCUT2D eigenvalue weighted by Gasteiger charge is -2.44. The van der Waals surface area contributed by atoms with Crippen molar-refractivity contribution in [2.24, 2.45) is 5.92 Å². The van der Waals surface area contributed by atoms with Gasteiger partial charge in [-0.05, 0) is 73.3 Å². The summed E-state index contributed by atoms with van der Waals surface area (Å²) in [6.07, 6.45) is 7.52. The van der Waals surface area contributed by atoms with Gasteiger partial charge in [-0.15, -0.1) is 0 Å². The Morgan fingerprint density at radius 3 is 2.75 bits per heavy atom. The molecule has 3 fully saturated rings. The van der Waals surface area contributed by atoms with E-state index >= 15 is 0 Å². The molecule has 1 unspecified atom stereocenters. The summed E-state index contributed by atoms with van der Waals surface area (Å²) in [5.74, 6) is 2.96. The van der Waals surface area contributed by atoms with Gasteiger partial charge in [0.25, 0.3) is 0 Å². The van der Waals surface area contributed by atoms with Crippen molar-refractivity contribution in [2.75, 3.05) is 26.7 Å². The Morgan fingerprint density at radius 2 is 1.94 bits per heavy atom. The number of hydrogen-bond acceptors (Lipinski definition) is 4. The lowest BCUT2D eigenvalue weighted by atomic mass is 9.75. The van der Waals surface area contributed by atoms with Gasteiger partial charge in [-0.3, -0.25) is 0 Å². The number of aromatic nitrogens is 3. The third-order valence-electron chi connectivity index (χ3n) is 7.65. The summed E-state index contributed by atoms with van der Waals surface area (Å²) in [7, 11) is 1.70. The summed E-state index contributed by atoms with van der Waals surface area (Å²) >= 11 is 0. The van der Waals surface area contributed by atoms with Crippen LogP contribution < -0.4 is 4.74 Å². The third kappa shape index (κ3) is 2.72. The Morgan fingerprint density at radius 1 is 1.09 bits per heavy atom. The van der Waals surface area contributed by atoms with Crippen LogP contribution in [-0.2, 0) is 6.42 Å². The van der Waals surface area contributed by atoms with Gasteiger partial charge in [0.2, 0.25) is 0 Å². The molecule has 0 aliphatic carbocycles. The number of oxazole rings is 1. The maximum absolute atomic E-state index is 6.25. The molecule has 0 radical (unpaired) electrons. The van der Waals surface area contributed by atoms with Crippen LogP contribution in [0.5, 0.6) is 5.75 Å². The number of piperidine rings is 3. The average Bonchev–Trinajstić information content (AvgIpc) is 3.55. The molecule has 0 amide bonds. The van der Waals surface area contributed by atoms with Crippen molar-refractivity contribution in [1.29, 1.82) is 0 Å². The number of ether oxygens (including phenoxy) is 1. The second-order valence-electron chi connectivity index (χ2n) is 9.33. The average molecular weight is 427 g/mol. The van der Waals surface area contributed by atoms with Crippen molar-refractivity contribution >= 4 is 32.9 Å². The van der Waals surface area contributed by atoms with Crippen molar-refractivity contribution in [1.82, 2.24) is 19.9 Å². The van der Waals surface area contributed by atoms with E-state index in [-0.39, 0.29) is 0 Å². The first-order valence-electron chi connectivity index (χ1n) is 11.5. The van der Waals surface area contributed by atoms with Crippen molar-refractivity contribution in [3.8, 4) is 5.75 Å². The molecular weight excluding hydrogens is 400 g/mol. The molecule has 0 spiro atoms. The van der Waals surface area contributed by atoms with Crippen LogP contribution in [0.25, 0.3) is 32.9 Å². The van der Waals surface area contributed by atoms with Gasteiger partial charge in [-0.1, -0.05) is 0 Å². The highest BCUT2D eigenvalue weighted by Crippen LogP contribution is 2.43. The van der Waals surface area contributed by atoms with E-state index in [1.807, 2.05) is 24.4 Å². The minimum atomic E-state index is 0.582. The molecule has 3 aromatic heterocycles. The van der Waals surface area contributed by atoms with Gasteiger partial charge >= 0.3 is 0 Å². The molecule has 1 atom stereocenters. The molecule has 6 nitrogen and oxygen atoms in total. The van der Waals surface area contributed by atoms with Gasteiger partial charge in [0.1, 0.15) is 11.3 Å². The first kappa shape index (κ1) is 18.3. The molecule has 3 aliphatic heterocycles. The van der Waals surface area contributed by atoms with E-state index in [2.05, 4.69) is 33.2 Å². The van der Waals surface area contributed by atoms with Crippen LogP contribution in [0.1, 0.15) is 35.8 Å². The Hall–Kier alpha value is -3.25. The maximum atomic E-state index is 6.25. The van der Waals surface area contributed by atoms with Gasteiger partial charge in [-0.2, -0.15) is 0 Å². The summed E-state index contributed by atoms with van der Waals surface area (Å²) in [5, 5.41) is 2.39. The molecule has 2 aromatic carbocycles. The second kappa shape index (κ2) is 6.87. The Labute approximate surface area is 185 Å². The smallest absolute Gasteiger partial charge is 0.200 e. The molecule has 6 heterocycles. The number of H-pyrrole nitrogens is 2. The van der Waals surface area contributed by atoms with E-state index in [4.69, 9.17) is 14.1 Å². The van der Waals surface area contributed by atoms with Gasteiger partial charge in [0.15, 0.2) is 11.5 Å². The molecule has 5 aromatic rings. The predicted molar refractivity (Wildman–Crippen MR) is 125 cm³/mol. The molecule has 8 rings (SSSR count). The standard InChI is InChI=1S/C26H26N4O2/c1-31-17-2-3-21-18(11-17)16(12-27-21)10-24-29-26-23(32-24)5-4-22-25(26)19(13-28-22)20-14-30-8-6-15(20)7-9-30/h2-5,11-13,15,20,27-28H,6-10,14H2,1H3. The largest absolute Gasteiger partial charge is 0.497 e. The Kier molecular flexibility index (Phi) is 3.94. The molecule has 162 valence electrons. The zero-order chi connectivity index (χ0) is 21.2.